The third kappa shape index (κ3) is 2.06. The number of hydrogen-bond acceptors (Lipinski definition) is 9. The molecule has 23 heavy (non-hydrogen) atoms. The predicted octanol–water partition coefficient (Wildman–Crippen LogP) is -2.01. The number of carbonyl (C=O) groups is 2. The second kappa shape index (κ2) is 4.63. The van der Waals surface area contributed by atoms with Crippen LogP contribution in [0.4, 0.5) is 4.39 Å². The lowest BCUT2D eigenvalue weighted by molar-refractivity contribution is -0.163. The minimum atomic E-state index is -5.42. The third-order valence-corrected chi connectivity index (χ3v) is 5.09. The van der Waals surface area contributed by atoms with Crippen LogP contribution in [0.1, 0.15) is 6.92 Å². The Hall–Kier alpha value is -1.76. The van der Waals surface area contributed by atoms with Gasteiger partial charge in [0, 0.05) is 5.57 Å². The molecular weight excluding hydrogens is 343 g/mol. The molecule has 0 amide bonds. The second-order valence-electron chi connectivity index (χ2n) is 5.37. The molecule has 0 radical (unpaired) electrons. The van der Waals surface area contributed by atoms with E-state index in [1.165, 1.54) is 0 Å². The van der Waals surface area contributed by atoms with Crippen LogP contribution in [0.2, 0.25) is 0 Å². The molecule has 2 saturated heterocycles. The van der Waals surface area contributed by atoms with Crippen molar-refractivity contribution < 1.29 is 51.4 Å². The van der Waals surface area contributed by atoms with Crippen molar-refractivity contribution in [2.24, 2.45) is 5.92 Å². The van der Waals surface area contributed by atoms with Gasteiger partial charge in [0.25, 0.3) is 0 Å². The fourth-order valence-corrected chi connectivity index (χ4v) is 3.01. The molecule has 128 valence electrons. The van der Waals surface area contributed by atoms with Crippen LogP contribution in [0.15, 0.2) is 11.3 Å². The summed E-state index contributed by atoms with van der Waals surface area (Å²) in [4.78, 5) is 23.4. The van der Waals surface area contributed by atoms with E-state index in [9.17, 15) is 32.6 Å². The number of alkyl halides is 1. The molecule has 10 nitrogen and oxygen atoms in total. The number of ether oxygens (including phenoxy) is 3. The molecule has 0 spiro atoms. The van der Waals surface area contributed by atoms with Gasteiger partial charge in [-0.2, -0.15) is 8.42 Å². The van der Waals surface area contributed by atoms with Gasteiger partial charge in [0.05, 0.1) is 0 Å². The summed E-state index contributed by atoms with van der Waals surface area (Å²) in [6.07, 6.45) is -5.79. The quantitative estimate of drug-likeness (QED) is 0.293. The first-order valence-electron chi connectivity index (χ1n) is 6.31. The van der Waals surface area contributed by atoms with Gasteiger partial charge in [-0.25, -0.2) is 9.18 Å². The first-order valence-corrected chi connectivity index (χ1v) is 7.75. The Labute approximate surface area is 128 Å². The van der Waals surface area contributed by atoms with Gasteiger partial charge >= 0.3 is 27.1 Å². The number of aliphatic hydroxyl groups is 2. The predicted molar refractivity (Wildman–Crippen MR) is 64.4 cm³/mol. The molecule has 3 rings (SSSR count). The maximum absolute atomic E-state index is 13.9. The number of halogens is 1. The largest absolute Gasteiger partial charge is 0.485 e. The van der Waals surface area contributed by atoms with Crippen molar-refractivity contribution >= 4 is 22.1 Å². The van der Waals surface area contributed by atoms with E-state index in [2.05, 4.69) is 4.74 Å². The van der Waals surface area contributed by atoms with Crippen molar-refractivity contribution in [2.75, 3.05) is 0 Å². The lowest BCUT2D eigenvalue weighted by atomic mass is 9.86. The van der Waals surface area contributed by atoms with Crippen molar-refractivity contribution in [1.82, 2.24) is 0 Å². The van der Waals surface area contributed by atoms with Crippen molar-refractivity contribution in [3.8, 4) is 0 Å². The first-order chi connectivity index (χ1) is 10.5. The van der Waals surface area contributed by atoms with E-state index in [1.807, 2.05) is 0 Å². The molecule has 3 N–H and O–H groups in total. The highest BCUT2D eigenvalue weighted by Crippen LogP contribution is 2.51. The molecule has 0 aliphatic carbocycles. The van der Waals surface area contributed by atoms with Gasteiger partial charge in [-0.3, -0.25) is 9.35 Å². The first kappa shape index (κ1) is 16.1. The van der Waals surface area contributed by atoms with Gasteiger partial charge in [-0.15, -0.1) is 0 Å². The molecule has 0 saturated carbocycles. The third-order valence-electron chi connectivity index (χ3n) is 3.96. The summed E-state index contributed by atoms with van der Waals surface area (Å²) in [5.74, 6) is -4.18. The maximum atomic E-state index is 13.9. The molecule has 3 aliphatic rings. The maximum Gasteiger partial charge on any atom is 0.363 e. The molecule has 5 unspecified atom stereocenters. The lowest BCUT2D eigenvalue weighted by Crippen LogP contribution is -2.45. The minimum Gasteiger partial charge on any atom is -0.485 e. The standard InChI is InChI=1S/C11H11FO10S/c1-11(12,23(17,18)19)10(16)22-7-4-2(8(13)14)3-5(20-4)6(7)21-9(3)15/h3,5-8,13-14H,1H3,(H,17,18,19). The van der Waals surface area contributed by atoms with E-state index < -0.39 is 57.6 Å². The Bertz CT molecular complexity index is 723. The Morgan fingerprint density at radius 1 is 1.35 bits per heavy atom. The highest BCUT2D eigenvalue weighted by molar-refractivity contribution is 7.87. The smallest absolute Gasteiger partial charge is 0.363 e. The van der Waals surface area contributed by atoms with E-state index in [0.29, 0.717) is 0 Å². The number of rotatable bonds is 4. The SMILES string of the molecule is CC(F)(C(=O)OC1C2=C(C(O)O)C3C(=O)OC1C3O2)S(=O)(=O)O. The van der Waals surface area contributed by atoms with Crippen LogP contribution in [0, 0.1) is 5.92 Å². The number of carbonyl (C=O) groups excluding carboxylic acids is 2. The van der Waals surface area contributed by atoms with Gasteiger partial charge in [0.15, 0.2) is 24.6 Å². The van der Waals surface area contributed by atoms with E-state index >= 15 is 0 Å². The Balaban J connectivity index is 1.92. The number of fused-ring (bicyclic) bond motifs is 1. The van der Waals surface area contributed by atoms with Gasteiger partial charge in [0.2, 0.25) is 0 Å². The Kier molecular flexibility index (Phi) is 3.24. The monoisotopic (exact) mass is 354 g/mol. The Morgan fingerprint density at radius 3 is 2.48 bits per heavy atom. The van der Waals surface area contributed by atoms with Gasteiger partial charge in [0.1, 0.15) is 11.7 Å². The van der Waals surface area contributed by atoms with Crippen LogP contribution in [-0.4, -0.2) is 64.7 Å². The normalized spacial score (nSPS) is 34.4. The number of aliphatic hydroxyl groups excluding tert-OH is 1. The topological polar surface area (TPSA) is 157 Å². The summed E-state index contributed by atoms with van der Waals surface area (Å²) in [7, 11) is -5.42. The molecule has 5 atom stereocenters. The minimum absolute atomic E-state index is 0.276. The van der Waals surface area contributed by atoms with Gasteiger partial charge in [-0.05, 0) is 6.92 Å². The molecule has 12 heteroatoms. The zero-order valence-electron chi connectivity index (χ0n) is 11.4. The van der Waals surface area contributed by atoms with Crippen LogP contribution in [0.3, 0.4) is 0 Å². The Morgan fingerprint density at radius 2 is 1.96 bits per heavy atom. The molecule has 0 aromatic heterocycles. The summed E-state index contributed by atoms with van der Waals surface area (Å²) in [6.45, 7) is 0.276. The van der Waals surface area contributed by atoms with E-state index in [4.69, 9.17) is 14.0 Å². The molecule has 3 heterocycles. The van der Waals surface area contributed by atoms with E-state index in [-0.39, 0.29) is 18.3 Å². The van der Waals surface area contributed by atoms with Crippen LogP contribution in [0.5, 0.6) is 0 Å². The molecular formula is C11H11FO10S. The van der Waals surface area contributed by atoms with Crippen LogP contribution >= 0.6 is 0 Å². The van der Waals surface area contributed by atoms with E-state index in [1.54, 1.807) is 0 Å². The zero-order valence-corrected chi connectivity index (χ0v) is 12.2. The number of esters is 2. The molecule has 3 aliphatic heterocycles. The van der Waals surface area contributed by atoms with Crippen LogP contribution in [0.25, 0.3) is 0 Å². The second-order valence-corrected chi connectivity index (χ2v) is 7.09. The summed E-state index contributed by atoms with van der Waals surface area (Å²) >= 11 is 0. The van der Waals surface area contributed by atoms with Crippen molar-refractivity contribution in [3.63, 3.8) is 0 Å². The fraction of sp³-hybridized carbons (Fsp3) is 0.636. The average molecular weight is 354 g/mol. The van der Waals surface area contributed by atoms with Crippen LogP contribution in [-0.2, 0) is 33.9 Å². The van der Waals surface area contributed by atoms with E-state index in [0.717, 1.165) is 0 Å². The summed E-state index contributed by atoms with van der Waals surface area (Å²) < 4.78 is 59.1. The molecule has 0 aromatic carbocycles. The number of hydrogen-bond donors (Lipinski definition) is 3. The van der Waals surface area contributed by atoms with Crippen LogP contribution < -0.4 is 0 Å². The van der Waals surface area contributed by atoms with Crippen molar-refractivity contribution in [2.45, 2.75) is 36.5 Å². The molecule has 2 fully saturated rings. The zero-order chi connectivity index (χ0) is 17.3. The van der Waals surface area contributed by atoms with Crippen molar-refractivity contribution in [1.29, 1.82) is 0 Å². The van der Waals surface area contributed by atoms with Gasteiger partial charge in [-0.1, -0.05) is 0 Å². The average Bonchev–Trinajstić information content (AvgIpc) is 2.99. The van der Waals surface area contributed by atoms with Crippen molar-refractivity contribution in [3.05, 3.63) is 11.3 Å². The van der Waals surface area contributed by atoms with Gasteiger partial charge < -0.3 is 24.4 Å². The summed E-state index contributed by atoms with van der Waals surface area (Å²) in [6, 6.07) is 0. The molecule has 0 aromatic rings. The highest BCUT2D eigenvalue weighted by atomic mass is 32.2. The summed E-state index contributed by atoms with van der Waals surface area (Å²) in [5.41, 5.74) is -0.293. The lowest BCUT2D eigenvalue weighted by Gasteiger charge is -2.23. The fourth-order valence-electron chi connectivity index (χ4n) is 2.75. The summed E-state index contributed by atoms with van der Waals surface area (Å²) in [5, 5.41) is 14.9. The molecule has 2 bridgehead atoms. The highest BCUT2D eigenvalue weighted by Gasteiger charge is 2.67.